The zero-order valence-electron chi connectivity index (χ0n) is 17.1. The molecule has 158 valence electrons. The summed E-state index contributed by atoms with van der Waals surface area (Å²) in [6.07, 6.45) is 6.95. The highest BCUT2D eigenvalue weighted by Crippen LogP contribution is 2.36. The van der Waals surface area contributed by atoms with Crippen LogP contribution in [-0.2, 0) is 4.79 Å². The van der Waals surface area contributed by atoms with Crippen LogP contribution in [-0.4, -0.2) is 57.8 Å². The first-order valence-electron chi connectivity index (χ1n) is 10.6. The molecule has 4 rings (SSSR count). The number of hydrogen-bond donors (Lipinski definition) is 2. The number of carbonyl (C=O) groups is 2. The molecule has 1 aromatic heterocycles. The molecular weight excluding hydrogens is 380 g/mol. The molecule has 0 spiro atoms. The van der Waals surface area contributed by atoms with Crippen LogP contribution in [0, 0.1) is 0 Å². The van der Waals surface area contributed by atoms with Gasteiger partial charge in [-0.15, -0.1) is 0 Å². The lowest BCUT2D eigenvalue weighted by Crippen LogP contribution is -2.43. The summed E-state index contributed by atoms with van der Waals surface area (Å²) in [5.74, 6) is -0.0538. The van der Waals surface area contributed by atoms with Crippen molar-refractivity contribution in [3.63, 3.8) is 0 Å². The number of likely N-dealkylation sites (tertiary alicyclic amines) is 2. The Balaban J connectivity index is 1.64. The van der Waals surface area contributed by atoms with E-state index >= 15 is 0 Å². The maximum absolute atomic E-state index is 12.8. The summed E-state index contributed by atoms with van der Waals surface area (Å²) in [7, 11) is 0. The van der Waals surface area contributed by atoms with Gasteiger partial charge in [-0.1, -0.05) is 18.6 Å². The fourth-order valence-corrected chi connectivity index (χ4v) is 4.43. The second-order valence-electron chi connectivity index (χ2n) is 8.04. The normalized spacial score (nSPS) is 19.7. The number of rotatable bonds is 5. The van der Waals surface area contributed by atoms with Gasteiger partial charge in [0.15, 0.2) is 0 Å². The van der Waals surface area contributed by atoms with Crippen LogP contribution in [0.5, 0.6) is 0 Å². The summed E-state index contributed by atoms with van der Waals surface area (Å²) in [6.45, 7) is 2.97. The molecule has 2 aliphatic heterocycles. The van der Waals surface area contributed by atoms with Crippen LogP contribution >= 0.6 is 0 Å². The molecular formula is C22H28N6O2. The lowest BCUT2D eigenvalue weighted by molar-refractivity contribution is -0.132. The molecule has 1 atom stereocenters. The van der Waals surface area contributed by atoms with Gasteiger partial charge in [0.05, 0.1) is 18.3 Å². The monoisotopic (exact) mass is 408 g/mol. The Morgan fingerprint density at radius 1 is 1.03 bits per heavy atom. The number of amides is 2. The summed E-state index contributed by atoms with van der Waals surface area (Å²) < 4.78 is 0. The Morgan fingerprint density at radius 2 is 1.73 bits per heavy atom. The number of primary amides is 1. The van der Waals surface area contributed by atoms with E-state index in [9.17, 15) is 9.59 Å². The molecule has 0 bridgehead atoms. The lowest BCUT2D eigenvalue weighted by Gasteiger charge is -2.36. The molecule has 2 aromatic rings. The fourth-order valence-electron chi connectivity index (χ4n) is 4.43. The van der Waals surface area contributed by atoms with Crippen molar-refractivity contribution in [1.29, 1.82) is 0 Å². The second kappa shape index (κ2) is 8.79. The van der Waals surface area contributed by atoms with E-state index in [0.29, 0.717) is 12.1 Å². The zero-order valence-corrected chi connectivity index (χ0v) is 17.1. The van der Waals surface area contributed by atoms with E-state index < -0.39 is 5.91 Å². The Bertz CT molecular complexity index is 924. The number of nitrogen functional groups attached to an aromatic ring is 1. The van der Waals surface area contributed by atoms with Gasteiger partial charge in [-0.3, -0.25) is 14.5 Å². The van der Waals surface area contributed by atoms with Crippen LogP contribution in [0.4, 0.5) is 5.95 Å². The Morgan fingerprint density at radius 3 is 2.43 bits per heavy atom. The van der Waals surface area contributed by atoms with E-state index in [1.165, 1.54) is 0 Å². The Labute approximate surface area is 176 Å². The molecule has 3 heterocycles. The van der Waals surface area contributed by atoms with Crippen LogP contribution in [0.15, 0.2) is 30.5 Å². The minimum Gasteiger partial charge on any atom is -0.368 e. The number of hydrogen-bond acceptors (Lipinski definition) is 6. The lowest BCUT2D eigenvalue weighted by atomic mass is 9.93. The van der Waals surface area contributed by atoms with Crippen LogP contribution in [0.3, 0.4) is 0 Å². The first-order chi connectivity index (χ1) is 14.5. The van der Waals surface area contributed by atoms with E-state index in [-0.39, 0.29) is 17.9 Å². The highest BCUT2D eigenvalue weighted by atomic mass is 16.2. The van der Waals surface area contributed by atoms with Crippen molar-refractivity contribution < 1.29 is 9.59 Å². The van der Waals surface area contributed by atoms with Crippen molar-refractivity contribution in [2.45, 2.75) is 38.1 Å². The molecule has 2 aliphatic rings. The average Bonchev–Trinajstić information content (AvgIpc) is 3.29. The molecule has 4 N–H and O–H groups in total. The maximum atomic E-state index is 12.8. The summed E-state index contributed by atoms with van der Waals surface area (Å²) in [5.41, 5.74) is 14.4. The van der Waals surface area contributed by atoms with Crippen LogP contribution in [0.2, 0.25) is 0 Å². The molecule has 0 aliphatic carbocycles. The third kappa shape index (κ3) is 4.28. The van der Waals surface area contributed by atoms with Gasteiger partial charge in [-0.05, 0) is 49.9 Å². The molecule has 1 aromatic carbocycles. The minimum atomic E-state index is -0.464. The predicted molar refractivity (Wildman–Crippen MR) is 114 cm³/mol. The van der Waals surface area contributed by atoms with Crippen molar-refractivity contribution in [2.24, 2.45) is 5.73 Å². The summed E-state index contributed by atoms with van der Waals surface area (Å²) in [4.78, 5) is 37.2. The molecule has 8 nitrogen and oxygen atoms in total. The summed E-state index contributed by atoms with van der Waals surface area (Å²) in [6, 6.07) is 7.10. The highest BCUT2D eigenvalue weighted by Gasteiger charge is 2.31. The number of anilines is 1. The number of aromatic nitrogens is 2. The van der Waals surface area contributed by atoms with Gasteiger partial charge in [0, 0.05) is 30.4 Å². The number of nitrogens with two attached hydrogens (primary N) is 2. The maximum Gasteiger partial charge on any atom is 0.248 e. The second-order valence-corrected chi connectivity index (χ2v) is 8.04. The van der Waals surface area contributed by atoms with Crippen molar-refractivity contribution in [3.05, 3.63) is 41.7 Å². The number of carbonyl (C=O) groups excluding carboxylic acids is 2. The van der Waals surface area contributed by atoms with Crippen LogP contribution in [0.1, 0.15) is 54.2 Å². The molecule has 0 radical (unpaired) electrons. The van der Waals surface area contributed by atoms with E-state index in [1.54, 1.807) is 18.3 Å². The van der Waals surface area contributed by atoms with Gasteiger partial charge in [0.25, 0.3) is 0 Å². The van der Waals surface area contributed by atoms with Gasteiger partial charge < -0.3 is 16.4 Å². The Kier molecular flexibility index (Phi) is 5.94. The topological polar surface area (TPSA) is 118 Å². The van der Waals surface area contributed by atoms with Crippen LogP contribution in [0.25, 0.3) is 11.1 Å². The largest absolute Gasteiger partial charge is 0.368 e. The quantitative estimate of drug-likeness (QED) is 0.781. The zero-order chi connectivity index (χ0) is 21.1. The predicted octanol–water partition coefficient (Wildman–Crippen LogP) is 1.97. The molecule has 2 amide bonds. The first-order valence-corrected chi connectivity index (χ1v) is 10.6. The highest BCUT2D eigenvalue weighted by molar-refractivity contribution is 5.93. The van der Waals surface area contributed by atoms with E-state index in [1.807, 2.05) is 17.0 Å². The third-order valence-corrected chi connectivity index (χ3v) is 6.04. The molecule has 2 saturated heterocycles. The Hall–Kier alpha value is -3.00. The van der Waals surface area contributed by atoms with Gasteiger partial charge in [-0.25, -0.2) is 9.97 Å². The van der Waals surface area contributed by atoms with Crippen molar-refractivity contribution in [2.75, 3.05) is 31.9 Å². The van der Waals surface area contributed by atoms with Gasteiger partial charge in [0.2, 0.25) is 17.8 Å². The van der Waals surface area contributed by atoms with Crippen molar-refractivity contribution in [3.8, 4) is 11.1 Å². The summed E-state index contributed by atoms with van der Waals surface area (Å²) >= 11 is 0. The molecule has 30 heavy (non-hydrogen) atoms. The molecule has 2 fully saturated rings. The SMILES string of the molecule is NC(=O)c1ccc(-c2cnc(N)nc2C2CCCCN2CC(=O)N2CCCC2)cc1. The molecule has 0 saturated carbocycles. The smallest absolute Gasteiger partial charge is 0.248 e. The van der Waals surface area contributed by atoms with Crippen molar-refractivity contribution >= 4 is 17.8 Å². The van der Waals surface area contributed by atoms with Gasteiger partial charge in [0.1, 0.15) is 0 Å². The standard InChI is InChI=1S/C22H28N6O2/c23-21(30)16-8-6-15(7-9-16)17-13-25-22(24)26-20(17)18-5-1-2-12-28(18)14-19(29)27-10-3-4-11-27/h6-9,13,18H,1-5,10-12,14H2,(H2,23,30)(H2,24,25,26). The number of nitrogens with zero attached hydrogens (tertiary/aromatic N) is 4. The van der Waals surface area contributed by atoms with Crippen molar-refractivity contribution in [1.82, 2.24) is 19.8 Å². The number of piperidine rings is 1. The molecule has 1 unspecified atom stereocenters. The van der Waals surface area contributed by atoms with E-state index in [0.717, 1.165) is 68.6 Å². The summed E-state index contributed by atoms with van der Waals surface area (Å²) in [5, 5.41) is 0. The fraction of sp³-hybridized carbons (Fsp3) is 0.455. The van der Waals surface area contributed by atoms with E-state index in [2.05, 4.69) is 14.9 Å². The number of benzene rings is 1. The minimum absolute atomic E-state index is 0.00131. The first kappa shape index (κ1) is 20.3. The van der Waals surface area contributed by atoms with E-state index in [4.69, 9.17) is 11.5 Å². The molecule has 8 heteroatoms. The average molecular weight is 409 g/mol. The van der Waals surface area contributed by atoms with Gasteiger partial charge in [-0.2, -0.15) is 0 Å². The van der Waals surface area contributed by atoms with Gasteiger partial charge >= 0.3 is 0 Å². The third-order valence-electron chi connectivity index (χ3n) is 6.04. The van der Waals surface area contributed by atoms with Crippen LogP contribution < -0.4 is 11.5 Å².